The maximum absolute atomic E-state index is 12.6. The Morgan fingerprint density at radius 3 is 2.63 bits per heavy atom. The lowest BCUT2D eigenvalue weighted by Crippen LogP contribution is -2.27. The summed E-state index contributed by atoms with van der Waals surface area (Å²) in [5, 5.41) is 11.0. The first-order chi connectivity index (χ1) is 8.79. The molecule has 0 aliphatic carbocycles. The summed E-state index contributed by atoms with van der Waals surface area (Å²) in [7, 11) is 1.73. The van der Waals surface area contributed by atoms with Crippen LogP contribution < -0.4 is 0 Å². The maximum atomic E-state index is 12.6. The first-order valence-electron chi connectivity index (χ1n) is 5.78. The lowest BCUT2D eigenvalue weighted by molar-refractivity contribution is -0.521. The second kappa shape index (κ2) is 4.80. The van der Waals surface area contributed by atoms with E-state index in [2.05, 4.69) is 0 Å². The molecule has 1 aliphatic rings. The quantitative estimate of drug-likeness (QED) is 0.614. The zero-order valence-electron chi connectivity index (χ0n) is 10.2. The predicted molar refractivity (Wildman–Crippen MR) is 62.5 cm³/mol. The average Bonchev–Trinajstić information content (AvgIpc) is 2.71. The second-order valence-corrected chi connectivity index (χ2v) is 4.80. The largest absolute Gasteiger partial charge is 0.416 e. The summed E-state index contributed by atoms with van der Waals surface area (Å²) in [4.78, 5) is 12.3. The molecule has 0 bridgehead atoms. The van der Waals surface area contributed by atoms with E-state index in [0.29, 0.717) is 12.1 Å². The highest BCUT2D eigenvalue weighted by molar-refractivity contribution is 5.30. The molecule has 0 aromatic heterocycles. The molecule has 19 heavy (non-hydrogen) atoms. The summed E-state index contributed by atoms with van der Waals surface area (Å²) in [5.74, 6) is -0.498. The number of benzene rings is 1. The molecule has 0 spiro atoms. The summed E-state index contributed by atoms with van der Waals surface area (Å²) >= 11 is 0. The third-order valence-electron chi connectivity index (χ3n) is 3.38. The first-order valence-corrected chi connectivity index (χ1v) is 5.78. The molecular formula is C12H13F3N2O2. The highest BCUT2D eigenvalue weighted by Crippen LogP contribution is 2.34. The summed E-state index contributed by atoms with van der Waals surface area (Å²) in [6.07, 6.45) is -4.43. The Labute approximate surface area is 108 Å². The van der Waals surface area contributed by atoms with Crippen LogP contribution in [-0.2, 0) is 6.18 Å². The molecule has 104 valence electrons. The molecule has 1 saturated heterocycles. The van der Waals surface area contributed by atoms with Crippen molar-refractivity contribution in [2.75, 3.05) is 20.1 Å². The standard InChI is InChI=1S/C12H13F3N2O2/c1-16-6-10(11(7-16)17(18)19)8-3-2-4-9(5-8)12(13,14)15/h2-5,10-11H,6-7H2,1H3. The van der Waals surface area contributed by atoms with Gasteiger partial charge in [0.2, 0.25) is 6.04 Å². The molecule has 0 radical (unpaired) electrons. The third kappa shape index (κ3) is 2.86. The van der Waals surface area contributed by atoms with E-state index < -0.39 is 28.6 Å². The van der Waals surface area contributed by atoms with E-state index >= 15 is 0 Å². The molecule has 0 amide bonds. The van der Waals surface area contributed by atoms with Crippen LogP contribution in [0.2, 0.25) is 0 Å². The van der Waals surface area contributed by atoms with Crippen molar-refractivity contribution in [1.29, 1.82) is 0 Å². The lowest BCUT2D eigenvalue weighted by atomic mass is 9.93. The fourth-order valence-corrected chi connectivity index (χ4v) is 2.47. The van der Waals surface area contributed by atoms with Crippen LogP contribution in [0.4, 0.5) is 13.2 Å². The van der Waals surface area contributed by atoms with E-state index in [1.807, 2.05) is 0 Å². The van der Waals surface area contributed by atoms with Crippen molar-refractivity contribution in [2.45, 2.75) is 18.1 Å². The summed E-state index contributed by atoms with van der Waals surface area (Å²) < 4.78 is 37.9. The number of likely N-dealkylation sites (tertiary alicyclic amines) is 1. The molecule has 7 heteroatoms. The van der Waals surface area contributed by atoms with E-state index in [1.54, 1.807) is 11.9 Å². The van der Waals surface area contributed by atoms with Gasteiger partial charge in [-0.2, -0.15) is 13.2 Å². The van der Waals surface area contributed by atoms with Gasteiger partial charge in [0.1, 0.15) is 0 Å². The van der Waals surface area contributed by atoms with Crippen LogP contribution in [0.15, 0.2) is 24.3 Å². The Morgan fingerprint density at radius 1 is 1.37 bits per heavy atom. The summed E-state index contributed by atoms with van der Waals surface area (Å²) in [6, 6.07) is 3.96. The molecule has 2 unspecified atom stereocenters. The summed E-state index contributed by atoms with van der Waals surface area (Å²) in [6.45, 7) is 0.654. The molecular weight excluding hydrogens is 261 g/mol. The topological polar surface area (TPSA) is 46.4 Å². The minimum absolute atomic E-state index is 0.258. The SMILES string of the molecule is CN1CC(c2cccc(C(F)(F)F)c2)C([N+](=O)[O-])C1. The third-order valence-corrected chi connectivity index (χ3v) is 3.38. The van der Waals surface area contributed by atoms with Crippen molar-refractivity contribution in [1.82, 2.24) is 4.90 Å². The molecule has 2 rings (SSSR count). The van der Waals surface area contributed by atoms with Crippen LogP contribution in [0, 0.1) is 10.1 Å². The predicted octanol–water partition coefficient (Wildman–Crippen LogP) is 2.38. The van der Waals surface area contributed by atoms with E-state index in [-0.39, 0.29) is 6.54 Å². The number of nitrogens with zero attached hydrogens (tertiary/aromatic N) is 2. The molecule has 1 heterocycles. The Hall–Kier alpha value is -1.63. The minimum atomic E-state index is -4.43. The minimum Gasteiger partial charge on any atom is -0.299 e. The van der Waals surface area contributed by atoms with Gasteiger partial charge in [0, 0.05) is 11.5 Å². The van der Waals surface area contributed by atoms with Gasteiger partial charge in [-0.15, -0.1) is 0 Å². The number of nitro groups is 1. The number of alkyl halides is 3. The van der Waals surface area contributed by atoms with E-state index in [1.165, 1.54) is 12.1 Å². The van der Waals surface area contributed by atoms with E-state index in [0.717, 1.165) is 12.1 Å². The molecule has 1 aliphatic heterocycles. The first kappa shape index (κ1) is 13.8. The molecule has 0 N–H and O–H groups in total. The highest BCUT2D eigenvalue weighted by atomic mass is 19.4. The van der Waals surface area contributed by atoms with Gasteiger partial charge in [0.05, 0.1) is 18.0 Å². The van der Waals surface area contributed by atoms with Crippen LogP contribution in [-0.4, -0.2) is 36.0 Å². The van der Waals surface area contributed by atoms with Crippen molar-refractivity contribution in [3.05, 3.63) is 45.5 Å². The number of hydrogen-bond donors (Lipinski definition) is 0. The Bertz CT molecular complexity index is 490. The fourth-order valence-electron chi connectivity index (χ4n) is 2.47. The van der Waals surface area contributed by atoms with Gasteiger partial charge in [-0.3, -0.25) is 15.0 Å². The lowest BCUT2D eigenvalue weighted by Gasteiger charge is -2.14. The number of rotatable bonds is 2. The fraction of sp³-hybridized carbons (Fsp3) is 0.500. The van der Waals surface area contributed by atoms with Gasteiger partial charge in [0.15, 0.2) is 0 Å². The smallest absolute Gasteiger partial charge is 0.299 e. The van der Waals surface area contributed by atoms with Crippen LogP contribution in [0.5, 0.6) is 0 Å². The number of halogens is 3. The Kier molecular flexibility index (Phi) is 3.49. The van der Waals surface area contributed by atoms with Gasteiger partial charge in [-0.05, 0) is 18.7 Å². The molecule has 4 nitrogen and oxygen atoms in total. The van der Waals surface area contributed by atoms with Gasteiger partial charge in [-0.1, -0.05) is 18.2 Å². The average molecular weight is 274 g/mol. The van der Waals surface area contributed by atoms with Gasteiger partial charge >= 0.3 is 6.18 Å². The van der Waals surface area contributed by atoms with Crippen molar-refractivity contribution < 1.29 is 18.1 Å². The number of hydrogen-bond acceptors (Lipinski definition) is 3. The van der Waals surface area contributed by atoms with E-state index in [4.69, 9.17) is 0 Å². The van der Waals surface area contributed by atoms with Crippen LogP contribution in [0.1, 0.15) is 17.0 Å². The van der Waals surface area contributed by atoms with Gasteiger partial charge in [0.25, 0.3) is 0 Å². The molecule has 1 fully saturated rings. The van der Waals surface area contributed by atoms with Crippen molar-refractivity contribution in [2.24, 2.45) is 0 Å². The molecule has 0 saturated carbocycles. The monoisotopic (exact) mass is 274 g/mol. The summed E-state index contributed by atoms with van der Waals surface area (Å²) in [5.41, 5.74) is -0.387. The van der Waals surface area contributed by atoms with Crippen molar-refractivity contribution in [3.63, 3.8) is 0 Å². The van der Waals surface area contributed by atoms with Gasteiger partial charge in [-0.25, -0.2) is 0 Å². The van der Waals surface area contributed by atoms with Crippen molar-refractivity contribution in [3.8, 4) is 0 Å². The zero-order chi connectivity index (χ0) is 14.2. The van der Waals surface area contributed by atoms with Crippen LogP contribution >= 0.6 is 0 Å². The normalized spacial score (nSPS) is 24.6. The second-order valence-electron chi connectivity index (χ2n) is 4.80. The zero-order valence-corrected chi connectivity index (χ0v) is 10.2. The Morgan fingerprint density at radius 2 is 2.05 bits per heavy atom. The molecule has 1 aromatic rings. The molecule has 1 aromatic carbocycles. The van der Waals surface area contributed by atoms with E-state index in [9.17, 15) is 23.3 Å². The van der Waals surface area contributed by atoms with Crippen LogP contribution in [0.3, 0.4) is 0 Å². The van der Waals surface area contributed by atoms with Crippen molar-refractivity contribution >= 4 is 0 Å². The highest BCUT2D eigenvalue weighted by Gasteiger charge is 2.41. The van der Waals surface area contributed by atoms with Crippen LogP contribution in [0.25, 0.3) is 0 Å². The maximum Gasteiger partial charge on any atom is 0.416 e. The molecule has 2 atom stereocenters. The number of likely N-dealkylation sites (N-methyl/N-ethyl adjacent to an activating group) is 1. The Balaban J connectivity index is 2.33. The van der Waals surface area contributed by atoms with Gasteiger partial charge < -0.3 is 0 Å².